The van der Waals surface area contributed by atoms with Crippen molar-refractivity contribution in [2.75, 3.05) is 52.9 Å². The summed E-state index contributed by atoms with van der Waals surface area (Å²) in [7, 11) is 4.62. The fourth-order valence-corrected chi connectivity index (χ4v) is 8.68. The second-order valence-corrected chi connectivity index (χ2v) is 16.4. The van der Waals surface area contributed by atoms with Gasteiger partial charge in [-0.3, -0.25) is 29.2 Å². The summed E-state index contributed by atoms with van der Waals surface area (Å²) in [5, 5.41) is 13.4. The number of ether oxygens (including phenoxy) is 5. The van der Waals surface area contributed by atoms with E-state index >= 15 is 0 Å². The average molecular weight is 886 g/mol. The highest BCUT2D eigenvalue weighted by Crippen LogP contribution is 2.42. The molecule has 65 heavy (non-hydrogen) atoms. The molecule has 0 aliphatic carbocycles. The van der Waals surface area contributed by atoms with E-state index in [9.17, 15) is 24.3 Å². The Kier molecular flexibility index (Phi) is 12.5. The van der Waals surface area contributed by atoms with Crippen molar-refractivity contribution in [1.29, 1.82) is 0 Å². The van der Waals surface area contributed by atoms with E-state index in [1.165, 1.54) is 13.2 Å². The number of phenolic OH excluding ortho intramolecular Hbond substituents is 1. The minimum absolute atomic E-state index is 0.0434. The van der Waals surface area contributed by atoms with Gasteiger partial charge < -0.3 is 54.5 Å². The number of hydrogen-bond acceptors (Lipinski definition) is 13. The zero-order chi connectivity index (χ0) is 46.1. The Labute approximate surface area is 376 Å². The molecule has 9 rings (SSSR count). The largest absolute Gasteiger partial charge is 0.505 e. The molecule has 0 unspecified atom stereocenters. The van der Waals surface area contributed by atoms with Gasteiger partial charge in [0.2, 0.25) is 5.91 Å². The van der Waals surface area contributed by atoms with Gasteiger partial charge in [-0.15, -0.1) is 0 Å². The van der Waals surface area contributed by atoms with Crippen molar-refractivity contribution in [2.24, 2.45) is 15.7 Å². The number of nitrogens with zero attached hydrogens (tertiary/aromatic N) is 5. The predicted octanol–water partition coefficient (Wildman–Crippen LogP) is 5.76. The number of benzene rings is 3. The van der Waals surface area contributed by atoms with E-state index in [2.05, 4.69) is 28.5 Å². The number of aryl methyl sites for hydroxylation is 1. The third-order valence-corrected chi connectivity index (χ3v) is 12.0. The molecule has 17 nitrogen and oxygen atoms in total. The third kappa shape index (κ3) is 8.78. The lowest BCUT2D eigenvalue weighted by Crippen LogP contribution is -2.43. The van der Waals surface area contributed by atoms with Crippen molar-refractivity contribution in [1.82, 2.24) is 14.7 Å². The number of carbonyl (C=O) groups excluding carboxylic acids is 4. The summed E-state index contributed by atoms with van der Waals surface area (Å²) in [4.78, 5) is 64.4. The third-order valence-electron chi connectivity index (χ3n) is 12.0. The summed E-state index contributed by atoms with van der Waals surface area (Å²) < 4.78 is 28.6. The van der Waals surface area contributed by atoms with Crippen molar-refractivity contribution in [2.45, 2.75) is 57.0 Å². The van der Waals surface area contributed by atoms with Crippen LogP contribution in [-0.4, -0.2) is 128 Å². The summed E-state index contributed by atoms with van der Waals surface area (Å²) in [5.41, 5.74) is 11.4. The number of aromatic hydroxyl groups is 1. The number of allylic oxidation sites excluding steroid dienone is 1. The highest BCUT2D eigenvalue weighted by Gasteiger charge is 2.41. The summed E-state index contributed by atoms with van der Waals surface area (Å²) in [6.07, 6.45) is 10.2. The van der Waals surface area contributed by atoms with E-state index in [-0.39, 0.29) is 41.6 Å². The Hall–Kier alpha value is -7.40. The summed E-state index contributed by atoms with van der Waals surface area (Å²) in [6.45, 7) is 11.5. The molecule has 6 aliphatic rings. The molecule has 2 saturated heterocycles. The van der Waals surface area contributed by atoms with E-state index in [0.29, 0.717) is 101 Å². The molecule has 6 heterocycles. The molecule has 3 aromatic carbocycles. The van der Waals surface area contributed by atoms with Crippen LogP contribution >= 0.6 is 0 Å². The molecule has 0 saturated carbocycles. The normalized spacial score (nSPS) is 21.4. The van der Waals surface area contributed by atoms with Crippen molar-refractivity contribution < 1.29 is 48.0 Å². The standard InChI is InChI=1S/C31H32N4O6.C17H19N3O4/c1-18-8-20-14-32-24-12-28(26(38-3)10-22(24)30(36)34(20)16-18)40-6-5-7-41-29-13-25-23(11-27(29)39-4)31(37)35-17-19(2)9-21(35)15-33-25;1-9-3-5-11-14(15(9)22)19-16(24-2)12-7-10(4-6-13(18)21)8-20(12)17(11)23/h10-15,20-21H,1-2,5-9,16-17H2,3-4H3;3-6,8,12,16,19,22H,7H2,1-2H3,(H2,18,21)/b;6-4+/t20-,21-;12-,16+/m00/s1. The first-order chi connectivity index (χ1) is 31.3. The fourth-order valence-electron chi connectivity index (χ4n) is 8.68. The summed E-state index contributed by atoms with van der Waals surface area (Å²) >= 11 is 0. The number of fused-ring (bicyclic) bond motifs is 6. The molecule has 0 aromatic heterocycles. The van der Waals surface area contributed by atoms with Crippen LogP contribution < -0.4 is 30.0 Å². The number of methoxy groups -OCH3 is 3. The van der Waals surface area contributed by atoms with Crippen LogP contribution in [0.4, 0.5) is 17.1 Å². The van der Waals surface area contributed by atoms with Crippen LogP contribution in [0.1, 0.15) is 62.3 Å². The first kappa shape index (κ1) is 44.2. The minimum Gasteiger partial charge on any atom is -0.505 e. The Morgan fingerprint density at radius 2 is 1.37 bits per heavy atom. The monoisotopic (exact) mass is 885 g/mol. The highest BCUT2D eigenvalue weighted by molar-refractivity contribution is 6.05. The summed E-state index contributed by atoms with van der Waals surface area (Å²) in [5.74, 6) is 1.00. The van der Waals surface area contributed by atoms with Gasteiger partial charge in [-0.2, -0.15) is 0 Å². The number of hydrogen-bond donors (Lipinski definition) is 3. The van der Waals surface area contributed by atoms with E-state index in [4.69, 9.17) is 29.4 Å². The van der Waals surface area contributed by atoms with Crippen molar-refractivity contribution in [3.05, 3.63) is 107 Å². The van der Waals surface area contributed by atoms with Gasteiger partial charge in [0.1, 0.15) is 12.0 Å². The number of primary amides is 1. The average Bonchev–Trinajstić information content (AvgIpc) is 3.96. The second kappa shape index (κ2) is 18.4. The van der Waals surface area contributed by atoms with E-state index < -0.39 is 12.1 Å². The van der Waals surface area contributed by atoms with Gasteiger partial charge in [0.25, 0.3) is 17.7 Å². The van der Waals surface area contributed by atoms with Crippen LogP contribution in [0.3, 0.4) is 0 Å². The maximum absolute atomic E-state index is 13.2. The lowest BCUT2D eigenvalue weighted by atomic mass is 10.1. The van der Waals surface area contributed by atoms with Gasteiger partial charge >= 0.3 is 0 Å². The number of rotatable bonds is 11. The van der Waals surface area contributed by atoms with Gasteiger partial charge in [-0.25, -0.2) is 0 Å². The quantitative estimate of drug-likeness (QED) is 0.0913. The van der Waals surface area contributed by atoms with Gasteiger partial charge in [-0.05, 0) is 55.5 Å². The number of amides is 4. The lowest BCUT2D eigenvalue weighted by molar-refractivity contribution is -0.113. The van der Waals surface area contributed by atoms with Gasteiger partial charge in [-0.1, -0.05) is 36.4 Å². The first-order valence-corrected chi connectivity index (χ1v) is 21.1. The molecule has 0 bridgehead atoms. The molecule has 4 N–H and O–H groups in total. The second-order valence-electron chi connectivity index (χ2n) is 16.4. The molecule has 17 heteroatoms. The molecular formula is C48H51N7O10. The van der Waals surface area contributed by atoms with Crippen LogP contribution in [0.5, 0.6) is 28.7 Å². The van der Waals surface area contributed by atoms with Crippen LogP contribution in [0.25, 0.3) is 0 Å². The minimum atomic E-state index is -0.545. The Morgan fingerprint density at radius 1 is 0.815 bits per heavy atom. The number of aliphatic imine (C=N–C) groups is 2. The van der Waals surface area contributed by atoms with Crippen LogP contribution in [0, 0.1) is 6.92 Å². The zero-order valence-electron chi connectivity index (χ0n) is 36.7. The molecule has 2 fully saturated rings. The summed E-state index contributed by atoms with van der Waals surface area (Å²) in [6, 6.07) is 9.78. The number of nitrogens with two attached hydrogens (primary N) is 1. The molecular weight excluding hydrogens is 835 g/mol. The SMILES string of the molecule is C=C1C[C@H]2C=Nc3cc(OCCCOc4cc5c(cc4OC)C(=O)N4CC(=C)C[C@H]4C=N5)c(OC)cc3C(=O)N2C1.CO[C@H]1Nc2c(ccc(C)c2O)C(=O)N2C=C(/C=C/C(N)=O)C[C@@H]12. The number of anilines is 1. The molecule has 0 radical (unpaired) electrons. The number of phenols is 1. The van der Waals surface area contributed by atoms with Crippen molar-refractivity contribution in [3.8, 4) is 28.7 Å². The predicted molar refractivity (Wildman–Crippen MR) is 243 cm³/mol. The van der Waals surface area contributed by atoms with Crippen LogP contribution in [-0.2, 0) is 9.53 Å². The smallest absolute Gasteiger partial charge is 0.260 e. The molecule has 338 valence electrons. The Bertz CT molecular complexity index is 2510. The molecule has 3 aromatic rings. The van der Waals surface area contributed by atoms with Gasteiger partial charge in [0.05, 0.1) is 79.3 Å². The van der Waals surface area contributed by atoms with E-state index in [1.807, 2.05) is 0 Å². The first-order valence-electron chi connectivity index (χ1n) is 21.1. The topological polar surface area (TPSA) is 207 Å². The molecule has 4 atom stereocenters. The Morgan fingerprint density at radius 3 is 1.88 bits per heavy atom. The Balaban J connectivity index is 0.000000204. The number of nitrogens with one attached hydrogen (secondary N) is 1. The lowest BCUT2D eigenvalue weighted by Gasteiger charge is -2.27. The maximum atomic E-state index is 13.2. The molecule has 6 aliphatic heterocycles. The molecule has 4 amide bonds. The fraction of sp³-hybridized carbons (Fsp3) is 0.333. The highest BCUT2D eigenvalue weighted by atomic mass is 16.5. The van der Waals surface area contributed by atoms with Gasteiger partial charge in [0, 0.05) is 63.5 Å². The zero-order valence-corrected chi connectivity index (χ0v) is 36.7. The maximum Gasteiger partial charge on any atom is 0.260 e. The van der Waals surface area contributed by atoms with Crippen LogP contribution in [0.2, 0.25) is 0 Å². The van der Waals surface area contributed by atoms with E-state index in [1.54, 1.807) is 96.9 Å². The van der Waals surface area contributed by atoms with Crippen molar-refractivity contribution in [3.63, 3.8) is 0 Å². The number of carbonyl (C=O) groups is 4. The molecule has 0 spiro atoms. The van der Waals surface area contributed by atoms with Crippen LogP contribution in [0.15, 0.2) is 94.6 Å². The van der Waals surface area contributed by atoms with Gasteiger partial charge in [0.15, 0.2) is 23.0 Å². The van der Waals surface area contributed by atoms with E-state index in [0.717, 1.165) is 29.6 Å². The van der Waals surface area contributed by atoms with Crippen molar-refractivity contribution >= 4 is 53.1 Å².